The third kappa shape index (κ3) is 8.37. The molecule has 45 heavy (non-hydrogen) atoms. The van der Waals surface area contributed by atoms with Crippen molar-refractivity contribution in [1.82, 2.24) is 14.2 Å². The van der Waals surface area contributed by atoms with Crippen molar-refractivity contribution in [2.45, 2.75) is 109 Å². The topological polar surface area (TPSA) is 156 Å². The van der Waals surface area contributed by atoms with E-state index in [4.69, 9.17) is 18.7 Å². The molecule has 0 saturated carbocycles. The van der Waals surface area contributed by atoms with E-state index >= 15 is 0 Å². The summed E-state index contributed by atoms with van der Waals surface area (Å²) in [6.07, 6.45) is -1.54. The van der Waals surface area contributed by atoms with E-state index in [1.54, 1.807) is 30.3 Å². The van der Waals surface area contributed by atoms with Gasteiger partial charge in [0.05, 0.1) is 32.5 Å². The van der Waals surface area contributed by atoms with Crippen molar-refractivity contribution in [2.24, 2.45) is 0 Å². The molecule has 5 atom stereocenters. The van der Waals surface area contributed by atoms with Crippen LogP contribution in [0.25, 0.3) is 0 Å². The molecule has 1 saturated heterocycles. The normalized spacial score (nSPS) is 23.4. The lowest BCUT2D eigenvalue weighted by molar-refractivity contribution is -0.153. The first kappa shape index (κ1) is 36.8. The van der Waals surface area contributed by atoms with Crippen LogP contribution in [0.1, 0.15) is 65.2 Å². The number of carbonyl (C=O) groups is 1. The summed E-state index contributed by atoms with van der Waals surface area (Å²) in [7, 11) is -5.70. The molecule has 1 unspecified atom stereocenters. The molecule has 2 heterocycles. The van der Waals surface area contributed by atoms with Gasteiger partial charge in [-0.2, -0.15) is 9.79 Å². The molecule has 0 amide bonds. The van der Waals surface area contributed by atoms with E-state index < -0.39 is 63.1 Å². The molecule has 1 aliphatic rings. The minimum Gasteiger partial charge on any atom is -0.459 e. The average Bonchev–Trinajstić information content (AvgIpc) is 3.22. The Morgan fingerprint density at radius 2 is 1.80 bits per heavy atom. The number of carbonyl (C=O) groups excluding carboxylic acids is 1. The second-order valence-corrected chi connectivity index (χ2v) is 18.7. The van der Waals surface area contributed by atoms with Gasteiger partial charge in [-0.05, 0) is 60.6 Å². The summed E-state index contributed by atoms with van der Waals surface area (Å²) in [5.74, 6) is -0.577. The van der Waals surface area contributed by atoms with E-state index in [1.807, 2.05) is 66.2 Å². The van der Waals surface area contributed by atoms with E-state index in [0.29, 0.717) is 5.56 Å². The summed E-state index contributed by atoms with van der Waals surface area (Å²) in [4.78, 5) is 53.3. The van der Waals surface area contributed by atoms with Crippen molar-refractivity contribution < 1.29 is 28.4 Å². The lowest BCUT2D eigenvalue weighted by Gasteiger charge is -2.42. The molecule has 14 heteroatoms. The van der Waals surface area contributed by atoms with E-state index in [9.17, 15) is 24.5 Å². The van der Waals surface area contributed by atoms with E-state index in [2.05, 4.69) is 11.1 Å². The Balaban J connectivity index is 2.25. The molecule has 12 nitrogen and oxygen atoms in total. The number of H-pyrrole nitrogens is 1. The summed E-state index contributed by atoms with van der Waals surface area (Å²) in [5, 5.41) is 8.10. The number of nitrogens with zero attached hydrogens (tertiary/aromatic N) is 3. The molecule has 0 bridgehead atoms. The number of aromatic amines is 1. The highest BCUT2D eigenvalue weighted by Crippen LogP contribution is 2.64. The number of benzene rings is 1. The highest BCUT2D eigenvalue weighted by Gasteiger charge is 2.65. The molecule has 0 aliphatic carbocycles. The number of rotatable bonds is 13. The van der Waals surface area contributed by atoms with Gasteiger partial charge in [-0.25, -0.2) is 14.5 Å². The summed E-state index contributed by atoms with van der Waals surface area (Å²) in [6, 6.07) is 11.6. The Labute approximate surface area is 267 Å². The molecule has 3 rings (SSSR count). The zero-order chi connectivity index (χ0) is 33.7. The summed E-state index contributed by atoms with van der Waals surface area (Å²) in [5.41, 5.74) is -1.68. The van der Waals surface area contributed by atoms with Crippen molar-refractivity contribution in [3.05, 3.63) is 69.0 Å². The minimum atomic E-state index is -3.52. The number of hydrogen-bond donors (Lipinski definition) is 2. The second kappa shape index (κ2) is 14.8. The minimum absolute atomic E-state index is 0.0374. The maximum atomic E-state index is 13.4. The molecule has 1 fully saturated rings. The third-order valence-corrected chi connectivity index (χ3v) is 13.0. The van der Waals surface area contributed by atoms with Gasteiger partial charge in [0.15, 0.2) is 11.5 Å². The number of aromatic nitrogens is 2. The number of esters is 1. The quantitative estimate of drug-likeness (QED) is 0.184. The van der Waals surface area contributed by atoms with Gasteiger partial charge in [-0.3, -0.25) is 14.3 Å². The molecule has 248 valence electrons. The molecule has 2 aromatic rings. The van der Waals surface area contributed by atoms with Crippen LogP contribution in [0, 0.1) is 11.3 Å². The van der Waals surface area contributed by atoms with E-state index in [1.165, 1.54) is 16.8 Å². The van der Waals surface area contributed by atoms with Crippen LogP contribution in [0.3, 0.4) is 0 Å². The predicted molar refractivity (Wildman–Crippen MR) is 176 cm³/mol. The van der Waals surface area contributed by atoms with Gasteiger partial charge in [0.1, 0.15) is 25.0 Å². The first-order valence-corrected chi connectivity index (χ1v) is 20.0. The Bertz CT molecular complexity index is 1450. The maximum Gasteiger partial charge on any atom is 0.347 e. The Hall–Kier alpha value is -2.69. The molecule has 2 N–H and O–H groups in total. The predicted octanol–water partition coefficient (Wildman–Crippen LogP) is 3.83. The third-order valence-electron chi connectivity index (χ3n) is 7.53. The maximum absolute atomic E-state index is 13.4. The van der Waals surface area contributed by atoms with Gasteiger partial charge in [-0.15, -0.1) is 4.67 Å². The SMILES string of the molecule is CC(C)N(C(C)C)[P+](O)(CCC#N)O[C@H]1[C@@H](OC(C)(C)C)[C@@](n2ccc(=O)[nH]c2=O)([SiH](C)C)O[C@@H]1COC(=O)c1ccccc1. The number of ether oxygens (including phenoxy) is 3. The highest BCUT2D eigenvalue weighted by molar-refractivity contribution is 7.63. The van der Waals surface area contributed by atoms with Crippen LogP contribution < -0.4 is 11.2 Å². The molecular weight excluding hydrogens is 615 g/mol. The summed E-state index contributed by atoms with van der Waals surface area (Å²) < 4.78 is 29.3. The zero-order valence-electron chi connectivity index (χ0n) is 27.7. The monoisotopic (exact) mass is 663 g/mol. The zero-order valence-corrected chi connectivity index (χ0v) is 29.8. The van der Waals surface area contributed by atoms with Crippen LogP contribution >= 0.6 is 7.87 Å². The van der Waals surface area contributed by atoms with Crippen LogP contribution in [-0.2, 0) is 24.1 Å². The standard InChI is InChI=1S/C31H47N4O8PSi/c1-21(2)35(22(3)4)44(39,19-13-17-32)43-26-24(20-40-28(37)23-14-11-10-12-15-23)41-31(45(8)9,27(26)42-30(5,6)7)34-18-16-25(36)33-29(34)38/h10-12,14-16,18,21-22,24,26-27,39,45H,13,19-20H2,1-9H3/p+1/t24-,26-,27-,31+,44?/m1/s1. The Morgan fingerprint density at radius 3 is 2.31 bits per heavy atom. The molecule has 1 aromatic heterocycles. The number of hydrogen-bond acceptors (Lipinski definition) is 10. The highest BCUT2D eigenvalue weighted by atomic mass is 31.2. The fraction of sp³-hybridized carbons (Fsp3) is 0.613. The summed E-state index contributed by atoms with van der Waals surface area (Å²) in [6.45, 7) is 17.1. The van der Waals surface area contributed by atoms with Crippen LogP contribution in [0.5, 0.6) is 0 Å². The molecule has 1 aliphatic heterocycles. The first-order valence-electron chi connectivity index (χ1n) is 15.3. The Kier molecular flexibility index (Phi) is 12.1. The van der Waals surface area contributed by atoms with Gasteiger partial charge in [0.25, 0.3) is 5.56 Å². The lowest BCUT2D eigenvalue weighted by Crippen LogP contribution is -2.61. The Morgan fingerprint density at radius 1 is 1.18 bits per heavy atom. The molecule has 1 aromatic carbocycles. The van der Waals surface area contributed by atoms with Gasteiger partial charge in [0.2, 0.25) is 0 Å². The molecular formula is C31H48N4O8PSi+. The first-order chi connectivity index (χ1) is 21.0. The van der Waals surface area contributed by atoms with Gasteiger partial charge >= 0.3 is 19.5 Å². The van der Waals surface area contributed by atoms with Crippen LogP contribution in [-0.4, -0.2) is 82.6 Å². The van der Waals surface area contributed by atoms with Crippen molar-refractivity contribution in [3.63, 3.8) is 0 Å². The fourth-order valence-electron chi connectivity index (χ4n) is 5.97. The molecule has 0 radical (unpaired) electrons. The smallest absolute Gasteiger partial charge is 0.347 e. The van der Waals surface area contributed by atoms with E-state index in [-0.39, 0.29) is 31.3 Å². The van der Waals surface area contributed by atoms with Crippen molar-refractivity contribution in [1.29, 1.82) is 5.26 Å². The van der Waals surface area contributed by atoms with Crippen LogP contribution in [0.15, 0.2) is 52.2 Å². The second-order valence-electron chi connectivity index (χ2n) is 13.1. The van der Waals surface area contributed by atoms with Crippen LogP contribution in [0.2, 0.25) is 13.1 Å². The van der Waals surface area contributed by atoms with Crippen molar-refractivity contribution >= 4 is 22.6 Å². The average molecular weight is 664 g/mol. The number of nitriles is 1. The van der Waals surface area contributed by atoms with Gasteiger partial charge in [0, 0.05) is 24.3 Å². The van der Waals surface area contributed by atoms with Gasteiger partial charge < -0.3 is 14.2 Å². The van der Waals surface area contributed by atoms with Gasteiger partial charge in [-0.1, -0.05) is 31.3 Å². The van der Waals surface area contributed by atoms with Crippen molar-refractivity contribution in [2.75, 3.05) is 12.8 Å². The van der Waals surface area contributed by atoms with E-state index in [0.717, 1.165) is 0 Å². The summed E-state index contributed by atoms with van der Waals surface area (Å²) >= 11 is 0. The fourth-order valence-corrected chi connectivity index (χ4v) is 11.0. The van der Waals surface area contributed by atoms with Crippen LogP contribution in [0.4, 0.5) is 0 Å². The lowest BCUT2D eigenvalue weighted by atomic mass is 10.1. The van der Waals surface area contributed by atoms with Crippen molar-refractivity contribution in [3.8, 4) is 6.07 Å². The largest absolute Gasteiger partial charge is 0.459 e. The molecule has 0 spiro atoms. The number of nitrogens with one attached hydrogen (secondary N) is 1.